The molecule has 0 unspecified atom stereocenters. The van der Waals surface area contributed by atoms with E-state index in [-0.39, 0.29) is 29.4 Å². The van der Waals surface area contributed by atoms with Crippen molar-refractivity contribution in [3.63, 3.8) is 0 Å². The van der Waals surface area contributed by atoms with Crippen molar-refractivity contribution < 1.29 is 33.3 Å². The van der Waals surface area contributed by atoms with E-state index in [0.717, 1.165) is 0 Å². The second kappa shape index (κ2) is 8.62. The number of rotatable bonds is 5. The number of carbonyl (C=O) groups is 3. The maximum atomic E-state index is 12.8. The molecule has 0 saturated carbocycles. The van der Waals surface area contributed by atoms with Crippen molar-refractivity contribution in [2.45, 2.75) is 0 Å². The first kappa shape index (κ1) is 21.1. The Morgan fingerprint density at radius 1 is 0.971 bits per heavy atom. The number of para-hydroxylation sites is 1. The summed E-state index contributed by atoms with van der Waals surface area (Å²) in [7, 11) is 1.43. The van der Waals surface area contributed by atoms with Gasteiger partial charge >= 0.3 is 5.97 Å². The highest BCUT2D eigenvalue weighted by Gasteiger charge is 2.34. The number of nitrogens with one attached hydrogen (secondary N) is 1. The van der Waals surface area contributed by atoms with Crippen LogP contribution in [-0.4, -0.2) is 31.7 Å². The lowest BCUT2D eigenvalue weighted by Crippen LogP contribution is -2.35. The highest BCUT2D eigenvalue weighted by atomic mass is 16.7. The molecule has 0 aromatic heterocycles. The minimum Gasteiger partial charge on any atom is -0.493 e. The first-order valence-electron chi connectivity index (χ1n) is 10.3. The molecule has 3 aromatic rings. The van der Waals surface area contributed by atoms with Crippen molar-refractivity contribution in [1.82, 2.24) is 5.43 Å². The number of benzene rings is 3. The number of carbonyl (C=O) groups excluding carboxylic acids is 3. The molecule has 2 aliphatic heterocycles. The highest BCUT2D eigenvalue weighted by molar-refractivity contribution is 6.31. The topological polar surface area (TPSA) is 103 Å². The SMILES string of the molecule is COc1cc(C=C2C(=O)NN(c3ccccc3)C2=O)ccc1OC(=O)c1ccc2c(c1)OCO2. The van der Waals surface area contributed by atoms with Gasteiger partial charge in [0.05, 0.1) is 18.4 Å². The molecule has 9 heteroatoms. The van der Waals surface area contributed by atoms with Crippen molar-refractivity contribution in [3.05, 3.63) is 83.4 Å². The van der Waals surface area contributed by atoms with Gasteiger partial charge in [0.2, 0.25) is 6.79 Å². The Balaban J connectivity index is 1.36. The first-order chi connectivity index (χ1) is 16.5. The molecule has 2 heterocycles. The molecule has 3 aromatic carbocycles. The minimum atomic E-state index is -0.605. The molecule has 0 aliphatic carbocycles. The van der Waals surface area contributed by atoms with Crippen LogP contribution in [-0.2, 0) is 9.59 Å². The lowest BCUT2D eigenvalue weighted by Gasteiger charge is -2.13. The molecule has 0 radical (unpaired) electrons. The molecule has 1 fully saturated rings. The summed E-state index contributed by atoms with van der Waals surface area (Å²) in [4.78, 5) is 37.8. The zero-order valence-corrected chi connectivity index (χ0v) is 17.9. The third-order valence-corrected chi connectivity index (χ3v) is 5.22. The Morgan fingerprint density at radius 3 is 2.56 bits per heavy atom. The summed E-state index contributed by atoms with van der Waals surface area (Å²) in [5.41, 5.74) is 3.87. The Hall–Kier alpha value is -4.79. The number of esters is 1. The van der Waals surface area contributed by atoms with Gasteiger partial charge in [-0.2, -0.15) is 0 Å². The van der Waals surface area contributed by atoms with Gasteiger partial charge in [-0.3, -0.25) is 15.0 Å². The third kappa shape index (κ3) is 3.90. The summed E-state index contributed by atoms with van der Waals surface area (Å²) in [5.74, 6) is -0.143. The second-order valence-corrected chi connectivity index (χ2v) is 7.34. The zero-order chi connectivity index (χ0) is 23.7. The van der Waals surface area contributed by atoms with Crippen molar-refractivity contribution >= 4 is 29.5 Å². The van der Waals surface area contributed by atoms with Gasteiger partial charge in [-0.25, -0.2) is 9.80 Å². The van der Waals surface area contributed by atoms with E-state index in [0.29, 0.717) is 22.7 Å². The maximum Gasteiger partial charge on any atom is 0.343 e. The molecule has 1 N–H and O–H groups in total. The van der Waals surface area contributed by atoms with Crippen LogP contribution in [0.3, 0.4) is 0 Å². The van der Waals surface area contributed by atoms with Gasteiger partial charge in [0.15, 0.2) is 23.0 Å². The van der Waals surface area contributed by atoms with Gasteiger partial charge in [-0.1, -0.05) is 24.3 Å². The Labute approximate surface area is 194 Å². The normalized spacial score (nSPS) is 15.4. The minimum absolute atomic E-state index is 0.0315. The number of hydrogen-bond donors (Lipinski definition) is 1. The third-order valence-electron chi connectivity index (χ3n) is 5.22. The molecule has 0 bridgehead atoms. The van der Waals surface area contributed by atoms with Gasteiger partial charge in [0.25, 0.3) is 11.8 Å². The van der Waals surface area contributed by atoms with Gasteiger partial charge in [0, 0.05) is 0 Å². The monoisotopic (exact) mass is 458 g/mol. The fourth-order valence-electron chi connectivity index (χ4n) is 3.52. The number of fused-ring (bicyclic) bond motifs is 1. The van der Waals surface area contributed by atoms with Crippen molar-refractivity contribution in [1.29, 1.82) is 0 Å². The van der Waals surface area contributed by atoms with E-state index < -0.39 is 17.8 Å². The van der Waals surface area contributed by atoms with Crippen molar-refractivity contribution in [3.8, 4) is 23.0 Å². The Morgan fingerprint density at radius 2 is 1.76 bits per heavy atom. The number of ether oxygens (including phenoxy) is 4. The van der Waals surface area contributed by atoms with Crippen LogP contribution in [0.25, 0.3) is 6.08 Å². The van der Waals surface area contributed by atoms with E-state index in [1.165, 1.54) is 24.3 Å². The Bertz CT molecular complexity index is 1330. The van der Waals surface area contributed by atoms with Crippen LogP contribution >= 0.6 is 0 Å². The summed E-state index contributed by atoms with van der Waals surface area (Å²) in [6.07, 6.45) is 1.45. The summed E-state index contributed by atoms with van der Waals surface area (Å²) in [6.45, 7) is 0.0995. The lowest BCUT2D eigenvalue weighted by molar-refractivity contribution is -0.117. The molecule has 34 heavy (non-hydrogen) atoms. The molecule has 1 saturated heterocycles. The van der Waals surface area contributed by atoms with Gasteiger partial charge in [-0.15, -0.1) is 0 Å². The number of nitrogens with zero attached hydrogens (tertiary/aromatic N) is 1. The second-order valence-electron chi connectivity index (χ2n) is 7.34. The number of amides is 2. The number of hydrazine groups is 1. The van der Waals surface area contributed by atoms with Crippen LogP contribution in [0.1, 0.15) is 15.9 Å². The van der Waals surface area contributed by atoms with E-state index in [4.69, 9.17) is 18.9 Å². The molecule has 0 atom stereocenters. The van der Waals surface area contributed by atoms with Gasteiger partial charge in [-0.05, 0) is 54.1 Å². The number of anilines is 1. The van der Waals surface area contributed by atoms with Crippen LogP contribution in [0, 0.1) is 0 Å². The van der Waals surface area contributed by atoms with Crippen LogP contribution in [0.4, 0.5) is 5.69 Å². The standard InChI is InChI=1S/C25H18N2O7/c1-31-21-12-15(11-18-23(28)26-27(24(18)29)17-5-3-2-4-6-17)7-9-20(21)34-25(30)16-8-10-19-22(13-16)33-14-32-19/h2-13H,14H2,1H3,(H,26,28). The predicted molar refractivity (Wildman–Crippen MR) is 121 cm³/mol. The molecule has 9 nitrogen and oxygen atoms in total. The van der Waals surface area contributed by atoms with Crippen molar-refractivity contribution in [2.75, 3.05) is 18.9 Å². The lowest BCUT2D eigenvalue weighted by atomic mass is 10.1. The first-order valence-corrected chi connectivity index (χ1v) is 10.3. The van der Waals surface area contributed by atoms with E-state index in [1.54, 1.807) is 54.6 Å². The predicted octanol–water partition coefficient (Wildman–Crippen LogP) is 3.10. The van der Waals surface area contributed by atoms with Gasteiger partial charge in [0.1, 0.15) is 5.57 Å². The smallest absolute Gasteiger partial charge is 0.343 e. The number of hydrogen-bond acceptors (Lipinski definition) is 7. The average molecular weight is 458 g/mol. The molecule has 5 rings (SSSR count). The van der Waals surface area contributed by atoms with E-state index in [1.807, 2.05) is 6.07 Å². The summed E-state index contributed by atoms with van der Waals surface area (Å²) in [5, 5.41) is 1.19. The fraction of sp³-hybridized carbons (Fsp3) is 0.0800. The average Bonchev–Trinajstić information content (AvgIpc) is 3.44. The largest absolute Gasteiger partial charge is 0.493 e. The number of methoxy groups -OCH3 is 1. The van der Waals surface area contributed by atoms with Crippen molar-refractivity contribution in [2.24, 2.45) is 0 Å². The summed E-state index contributed by atoms with van der Waals surface area (Å²) >= 11 is 0. The molecule has 2 amide bonds. The van der Waals surface area contributed by atoms with Gasteiger partial charge < -0.3 is 18.9 Å². The van der Waals surface area contributed by atoms with E-state index >= 15 is 0 Å². The van der Waals surface area contributed by atoms with E-state index in [2.05, 4.69) is 5.43 Å². The molecule has 2 aliphatic rings. The molecule has 170 valence electrons. The molecule has 0 spiro atoms. The maximum absolute atomic E-state index is 12.8. The van der Waals surface area contributed by atoms with Crippen LogP contribution < -0.4 is 29.4 Å². The Kier molecular flexibility index (Phi) is 5.35. The quantitative estimate of drug-likeness (QED) is 0.271. The molecular formula is C25H18N2O7. The highest BCUT2D eigenvalue weighted by Crippen LogP contribution is 2.34. The summed E-state index contributed by atoms with van der Waals surface area (Å²) < 4.78 is 21.4. The fourth-order valence-corrected chi connectivity index (χ4v) is 3.52. The van der Waals surface area contributed by atoms with Crippen LogP contribution in [0.5, 0.6) is 23.0 Å². The van der Waals surface area contributed by atoms with Crippen LogP contribution in [0.2, 0.25) is 0 Å². The molecular weight excluding hydrogens is 440 g/mol. The zero-order valence-electron chi connectivity index (χ0n) is 17.9. The van der Waals surface area contributed by atoms with Crippen LogP contribution in [0.15, 0.2) is 72.3 Å². The van der Waals surface area contributed by atoms with E-state index in [9.17, 15) is 14.4 Å². The summed E-state index contributed by atoms with van der Waals surface area (Å²) in [6, 6.07) is 18.2.